The number of carbonyl (C=O) groups excluding carboxylic acids is 2. The first-order valence-corrected chi connectivity index (χ1v) is 6.50. The van der Waals surface area contributed by atoms with Gasteiger partial charge < -0.3 is 9.64 Å². The molecule has 0 aliphatic carbocycles. The molecule has 0 radical (unpaired) electrons. The van der Waals surface area contributed by atoms with Crippen molar-refractivity contribution in [2.45, 2.75) is 18.9 Å². The van der Waals surface area contributed by atoms with Gasteiger partial charge in [-0.3, -0.25) is 4.79 Å². The average molecular weight is 303 g/mol. The maximum absolute atomic E-state index is 12.3. The van der Waals surface area contributed by atoms with Crippen LogP contribution in [-0.2, 0) is 9.53 Å². The normalized spacial score (nSPS) is 18.5. The first kappa shape index (κ1) is 14.1. The summed E-state index contributed by atoms with van der Waals surface area (Å²) >= 11 is 11.5. The van der Waals surface area contributed by atoms with Crippen molar-refractivity contribution in [2.24, 2.45) is 0 Å². The molecule has 1 saturated heterocycles. The first-order chi connectivity index (χ1) is 9.04. The summed E-state index contributed by atoms with van der Waals surface area (Å²) in [5.74, 6) is -0.696. The number of ether oxygens (including phenoxy) is 1. The minimum absolute atomic E-state index is 0.143. The fourth-order valence-corrected chi connectivity index (χ4v) is 2.36. The highest BCUT2D eigenvalue weighted by molar-refractivity contribution is 6.41. The lowest BCUT2D eigenvalue weighted by atomic mass is 10.2. The topological polar surface area (TPSA) is 59.5 Å². The molecule has 102 valence electrons. The number of pyridine rings is 1. The number of halogens is 2. The second-order valence-electron chi connectivity index (χ2n) is 4.18. The van der Waals surface area contributed by atoms with Gasteiger partial charge in [-0.2, -0.15) is 0 Å². The molecule has 0 N–H and O–H groups in total. The zero-order valence-corrected chi connectivity index (χ0v) is 11.7. The number of nitrogens with zero attached hydrogens (tertiary/aromatic N) is 2. The molecule has 2 heterocycles. The smallest absolute Gasteiger partial charge is 0.328 e. The van der Waals surface area contributed by atoms with Crippen LogP contribution in [-0.4, -0.2) is 41.5 Å². The summed E-state index contributed by atoms with van der Waals surface area (Å²) < 4.78 is 4.70. The predicted octanol–water partition coefficient (Wildman–Crippen LogP) is 2.17. The van der Waals surface area contributed by atoms with E-state index >= 15 is 0 Å². The number of hydrogen-bond donors (Lipinski definition) is 0. The van der Waals surface area contributed by atoms with Crippen LogP contribution in [0.3, 0.4) is 0 Å². The van der Waals surface area contributed by atoms with E-state index in [1.165, 1.54) is 24.3 Å². The SMILES string of the molecule is COC(=O)C1CCCN1C(=O)c1cnc(Cl)c(Cl)c1. The van der Waals surface area contributed by atoms with Crippen LogP contribution in [0.2, 0.25) is 10.2 Å². The van der Waals surface area contributed by atoms with Crippen LogP contribution in [0.5, 0.6) is 0 Å². The molecule has 1 aliphatic rings. The van der Waals surface area contributed by atoms with E-state index in [0.29, 0.717) is 18.5 Å². The quantitative estimate of drug-likeness (QED) is 0.620. The summed E-state index contributed by atoms with van der Waals surface area (Å²) in [6.07, 6.45) is 2.72. The number of aromatic nitrogens is 1. The van der Waals surface area contributed by atoms with Gasteiger partial charge in [-0.1, -0.05) is 23.2 Å². The Hall–Kier alpha value is -1.33. The summed E-state index contributed by atoms with van der Waals surface area (Å²) in [7, 11) is 1.31. The Morgan fingerprint density at radius 2 is 2.21 bits per heavy atom. The zero-order chi connectivity index (χ0) is 14.0. The molecule has 1 amide bonds. The third-order valence-corrected chi connectivity index (χ3v) is 3.72. The molecule has 1 aromatic heterocycles. The van der Waals surface area contributed by atoms with Crippen molar-refractivity contribution < 1.29 is 14.3 Å². The Balaban J connectivity index is 2.23. The number of hydrogen-bond acceptors (Lipinski definition) is 4. The highest BCUT2D eigenvalue weighted by Gasteiger charge is 2.35. The van der Waals surface area contributed by atoms with Crippen molar-refractivity contribution in [1.29, 1.82) is 0 Å². The predicted molar refractivity (Wildman–Crippen MR) is 70.3 cm³/mol. The van der Waals surface area contributed by atoms with Crippen molar-refractivity contribution in [3.8, 4) is 0 Å². The van der Waals surface area contributed by atoms with E-state index < -0.39 is 12.0 Å². The Morgan fingerprint density at radius 3 is 2.84 bits per heavy atom. The van der Waals surface area contributed by atoms with Crippen molar-refractivity contribution in [3.05, 3.63) is 28.0 Å². The molecule has 0 aromatic carbocycles. The molecular weight excluding hydrogens is 291 g/mol. The fraction of sp³-hybridized carbons (Fsp3) is 0.417. The third-order valence-electron chi connectivity index (χ3n) is 3.03. The Morgan fingerprint density at radius 1 is 1.47 bits per heavy atom. The summed E-state index contributed by atoms with van der Waals surface area (Å²) in [5, 5.41) is 0.352. The monoisotopic (exact) mass is 302 g/mol. The number of rotatable bonds is 2. The van der Waals surface area contributed by atoms with Gasteiger partial charge in [-0.15, -0.1) is 0 Å². The molecule has 1 aliphatic heterocycles. The second-order valence-corrected chi connectivity index (χ2v) is 4.94. The van der Waals surface area contributed by atoms with Gasteiger partial charge >= 0.3 is 5.97 Å². The van der Waals surface area contributed by atoms with E-state index in [0.717, 1.165) is 6.42 Å². The maximum Gasteiger partial charge on any atom is 0.328 e. The van der Waals surface area contributed by atoms with E-state index in [4.69, 9.17) is 27.9 Å². The Bertz CT molecular complexity index is 522. The van der Waals surface area contributed by atoms with Crippen molar-refractivity contribution >= 4 is 35.1 Å². The van der Waals surface area contributed by atoms with Gasteiger partial charge in [-0.05, 0) is 18.9 Å². The van der Waals surface area contributed by atoms with Crippen molar-refractivity contribution in [1.82, 2.24) is 9.88 Å². The molecule has 1 fully saturated rings. The molecule has 0 saturated carbocycles. The first-order valence-electron chi connectivity index (χ1n) is 5.74. The molecule has 1 aromatic rings. The average Bonchev–Trinajstić information content (AvgIpc) is 2.89. The Labute approximate surface area is 120 Å². The van der Waals surface area contributed by atoms with E-state index in [2.05, 4.69) is 4.98 Å². The van der Waals surface area contributed by atoms with Crippen LogP contribution >= 0.6 is 23.2 Å². The number of esters is 1. The van der Waals surface area contributed by atoms with Gasteiger partial charge in [0.05, 0.1) is 17.7 Å². The van der Waals surface area contributed by atoms with Gasteiger partial charge in [0.15, 0.2) is 0 Å². The van der Waals surface area contributed by atoms with Crippen molar-refractivity contribution in [2.75, 3.05) is 13.7 Å². The van der Waals surface area contributed by atoms with Gasteiger partial charge in [0.25, 0.3) is 5.91 Å². The molecule has 0 spiro atoms. The van der Waals surface area contributed by atoms with E-state index in [-0.39, 0.29) is 16.1 Å². The molecule has 2 rings (SSSR count). The van der Waals surface area contributed by atoms with Gasteiger partial charge in [0.1, 0.15) is 11.2 Å². The summed E-state index contributed by atoms with van der Waals surface area (Å²) in [6, 6.07) is 0.915. The van der Waals surface area contributed by atoms with Crippen LogP contribution < -0.4 is 0 Å². The summed E-state index contributed by atoms with van der Waals surface area (Å²) in [4.78, 5) is 29.2. The van der Waals surface area contributed by atoms with Crippen LogP contribution in [0.1, 0.15) is 23.2 Å². The highest BCUT2D eigenvalue weighted by Crippen LogP contribution is 2.24. The molecule has 5 nitrogen and oxygen atoms in total. The van der Waals surface area contributed by atoms with E-state index in [1.54, 1.807) is 0 Å². The van der Waals surface area contributed by atoms with Gasteiger partial charge in [-0.25, -0.2) is 9.78 Å². The minimum Gasteiger partial charge on any atom is -0.467 e. The molecule has 7 heteroatoms. The van der Waals surface area contributed by atoms with Gasteiger partial charge in [0.2, 0.25) is 0 Å². The minimum atomic E-state index is -0.535. The van der Waals surface area contributed by atoms with Crippen LogP contribution in [0.4, 0.5) is 0 Å². The fourth-order valence-electron chi connectivity index (χ4n) is 2.09. The number of likely N-dealkylation sites (tertiary alicyclic amines) is 1. The summed E-state index contributed by atoms with van der Waals surface area (Å²) in [6.45, 7) is 0.513. The largest absolute Gasteiger partial charge is 0.467 e. The lowest BCUT2D eigenvalue weighted by Gasteiger charge is -2.22. The molecule has 19 heavy (non-hydrogen) atoms. The van der Waals surface area contributed by atoms with Crippen LogP contribution in [0.15, 0.2) is 12.3 Å². The summed E-state index contributed by atoms with van der Waals surface area (Å²) in [5.41, 5.74) is 0.310. The van der Waals surface area contributed by atoms with Crippen LogP contribution in [0.25, 0.3) is 0 Å². The lowest BCUT2D eigenvalue weighted by molar-refractivity contribution is -0.145. The molecule has 1 unspecified atom stereocenters. The van der Waals surface area contributed by atoms with Crippen molar-refractivity contribution in [3.63, 3.8) is 0 Å². The molecular formula is C12H12Cl2N2O3. The second kappa shape index (κ2) is 5.75. The number of carbonyl (C=O) groups is 2. The lowest BCUT2D eigenvalue weighted by Crippen LogP contribution is -2.41. The maximum atomic E-state index is 12.3. The van der Waals surface area contributed by atoms with Gasteiger partial charge in [0, 0.05) is 12.7 Å². The van der Waals surface area contributed by atoms with E-state index in [9.17, 15) is 9.59 Å². The third kappa shape index (κ3) is 2.82. The molecule has 1 atom stereocenters. The zero-order valence-electron chi connectivity index (χ0n) is 10.2. The van der Waals surface area contributed by atoms with Crippen LogP contribution in [0, 0.1) is 0 Å². The number of methoxy groups -OCH3 is 1. The van der Waals surface area contributed by atoms with E-state index in [1.807, 2.05) is 0 Å². The highest BCUT2D eigenvalue weighted by atomic mass is 35.5. The Kier molecular flexibility index (Phi) is 4.27. The number of amides is 1. The molecule has 0 bridgehead atoms. The standard InChI is InChI=1S/C12H12Cl2N2O3/c1-19-12(18)9-3-2-4-16(9)11(17)7-5-8(13)10(14)15-6-7/h5-6,9H,2-4H2,1H3.